The lowest BCUT2D eigenvalue weighted by Gasteiger charge is -2.38. The van der Waals surface area contributed by atoms with Gasteiger partial charge in [-0.05, 0) is 48.6 Å². The number of aliphatic hydroxyl groups is 1. The number of nitrogens with one attached hydrogen (secondary N) is 1. The first kappa shape index (κ1) is 27.7. The van der Waals surface area contributed by atoms with Crippen LogP contribution in [-0.4, -0.2) is 37.1 Å². The van der Waals surface area contributed by atoms with Gasteiger partial charge < -0.3 is 5.11 Å². The third-order valence-corrected chi connectivity index (χ3v) is 8.26. The Bertz CT molecular complexity index is 1310. The van der Waals surface area contributed by atoms with Crippen molar-refractivity contribution in [3.63, 3.8) is 0 Å². The molecule has 2 atom stereocenters. The number of aliphatic hydroxyl groups excluding tert-OH is 1. The lowest BCUT2D eigenvalue weighted by molar-refractivity contribution is 0.131. The van der Waals surface area contributed by atoms with Gasteiger partial charge in [0.05, 0.1) is 4.90 Å². The van der Waals surface area contributed by atoms with Crippen molar-refractivity contribution in [3.05, 3.63) is 138 Å². The summed E-state index contributed by atoms with van der Waals surface area (Å²) in [7, 11) is -3.80. The molecule has 0 aromatic heterocycles. The highest BCUT2D eigenvalue weighted by molar-refractivity contribution is 7.89. The summed E-state index contributed by atoms with van der Waals surface area (Å²) in [6, 6.07) is 36.7. The van der Waals surface area contributed by atoms with Crippen molar-refractivity contribution in [2.45, 2.75) is 49.8 Å². The van der Waals surface area contributed by atoms with Crippen LogP contribution in [0.15, 0.2) is 120 Å². The van der Waals surface area contributed by atoms with Gasteiger partial charge in [-0.2, -0.15) is 0 Å². The minimum Gasteiger partial charge on any atom is -0.396 e. The van der Waals surface area contributed by atoms with Crippen molar-refractivity contribution in [3.8, 4) is 0 Å². The summed E-state index contributed by atoms with van der Waals surface area (Å²) in [6.45, 7) is 3.08. The number of benzene rings is 4. The Hall–Kier alpha value is -3.29. The molecule has 0 saturated heterocycles. The zero-order chi connectivity index (χ0) is 26.8. The van der Waals surface area contributed by atoms with E-state index in [4.69, 9.17) is 0 Å². The largest absolute Gasteiger partial charge is 0.396 e. The number of sulfonamides is 1. The van der Waals surface area contributed by atoms with Gasteiger partial charge in [0.25, 0.3) is 0 Å². The van der Waals surface area contributed by atoms with Gasteiger partial charge in [-0.15, -0.1) is 0 Å². The first-order valence-electron chi connectivity index (χ1n) is 13.0. The number of aryl methyl sites for hydroxylation is 1. The smallest absolute Gasteiger partial charge is 0.240 e. The number of nitrogens with zero attached hydrogens (tertiary/aromatic N) is 1. The Labute approximate surface area is 226 Å². The second-order valence-electron chi connectivity index (χ2n) is 9.69. The predicted octanol–water partition coefficient (Wildman–Crippen LogP) is 5.34. The molecule has 2 unspecified atom stereocenters. The van der Waals surface area contributed by atoms with Crippen LogP contribution in [0.4, 0.5) is 0 Å². The lowest BCUT2D eigenvalue weighted by Crippen LogP contribution is -2.52. The molecule has 198 valence electrons. The van der Waals surface area contributed by atoms with Gasteiger partial charge in [0.1, 0.15) is 0 Å². The summed E-state index contributed by atoms with van der Waals surface area (Å²) in [4.78, 5) is 2.55. The molecule has 4 rings (SSSR count). The fourth-order valence-electron chi connectivity index (χ4n) is 4.76. The first-order valence-corrected chi connectivity index (χ1v) is 14.5. The Balaban J connectivity index is 1.73. The molecule has 6 heteroatoms. The monoisotopic (exact) mass is 528 g/mol. The third-order valence-electron chi connectivity index (χ3n) is 6.76. The minimum atomic E-state index is -3.80. The Morgan fingerprint density at radius 3 is 1.66 bits per heavy atom. The summed E-state index contributed by atoms with van der Waals surface area (Å²) < 4.78 is 30.0. The molecule has 2 N–H and O–H groups in total. The minimum absolute atomic E-state index is 0.128. The van der Waals surface area contributed by atoms with Crippen LogP contribution < -0.4 is 4.72 Å². The molecular formula is C32H36N2O3S. The van der Waals surface area contributed by atoms with E-state index in [0.29, 0.717) is 25.9 Å². The molecule has 0 saturated carbocycles. The Morgan fingerprint density at radius 1 is 0.711 bits per heavy atom. The second-order valence-corrected chi connectivity index (χ2v) is 11.4. The Morgan fingerprint density at radius 2 is 1.18 bits per heavy atom. The SMILES string of the molecule is Cc1ccc(S(=O)(=O)NC(CCO)C(Cc2ccccc2)N(Cc2ccccc2)Cc2ccccc2)cc1. The van der Waals surface area contributed by atoms with Crippen LogP contribution in [0.1, 0.15) is 28.7 Å². The molecule has 0 bridgehead atoms. The maximum Gasteiger partial charge on any atom is 0.240 e. The molecule has 0 aliphatic carbocycles. The second kappa shape index (κ2) is 13.5. The van der Waals surface area contributed by atoms with Crippen molar-refractivity contribution < 1.29 is 13.5 Å². The van der Waals surface area contributed by atoms with Crippen molar-refractivity contribution in [1.29, 1.82) is 0 Å². The predicted molar refractivity (Wildman–Crippen MR) is 153 cm³/mol. The molecule has 0 spiro atoms. The van der Waals surface area contributed by atoms with E-state index in [1.807, 2.05) is 61.5 Å². The maximum atomic E-state index is 13.5. The van der Waals surface area contributed by atoms with E-state index in [1.54, 1.807) is 24.3 Å². The van der Waals surface area contributed by atoms with E-state index in [0.717, 1.165) is 22.3 Å². The number of hydrogen-bond donors (Lipinski definition) is 2. The molecule has 0 fully saturated rings. The summed E-state index contributed by atoms with van der Waals surface area (Å²) in [5.41, 5.74) is 4.40. The molecule has 0 aliphatic rings. The van der Waals surface area contributed by atoms with E-state index in [-0.39, 0.29) is 17.5 Å². The van der Waals surface area contributed by atoms with E-state index in [1.165, 1.54) is 0 Å². The highest BCUT2D eigenvalue weighted by Gasteiger charge is 2.31. The molecule has 4 aromatic rings. The molecule has 0 aliphatic heterocycles. The van der Waals surface area contributed by atoms with Crippen LogP contribution >= 0.6 is 0 Å². The van der Waals surface area contributed by atoms with Gasteiger partial charge in [0.15, 0.2) is 0 Å². The zero-order valence-electron chi connectivity index (χ0n) is 21.8. The van der Waals surface area contributed by atoms with Gasteiger partial charge in [-0.25, -0.2) is 13.1 Å². The number of rotatable bonds is 13. The highest BCUT2D eigenvalue weighted by atomic mass is 32.2. The summed E-state index contributed by atoms with van der Waals surface area (Å²) in [6.07, 6.45) is 0.921. The van der Waals surface area contributed by atoms with Crippen LogP contribution in [0.5, 0.6) is 0 Å². The van der Waals surface area contributed by atoms with E-state index < -0.39 is 16.1 Å². The number of hydrogen-bond acceptors (Lipinski definition) is 4. The molecule has 4 aromatic carbocycles. The standard InChI is InChI=1S/C32H36N2O3S/c1-26-17-19-30(20-18-26)38(36,37)33-31(21-22-35)32(23-27-11-5-2-6-12-27)34(24-28-13-7-3-8-14-28)25-29-15-9-4-10-16-29/h2-20,31-33,35H,21-25H2,1H3. The van der Waals surface area contributed by atoms with Crippen molar-refractivity contribution in [1.82, 2.24) is 9.62 Å². The molecule has 38 heavy (non-hydrogen) atoms. The van der Waals surface area contributed by atoms with Crippen LogP contribution in [0.2, 0.25) is 0 Å². The molecule has 0 heterocycles. The van der Waals surface area contributed by atoms with Crippen LogP contribution in [0.25, 0.3) is 0 Å². The van der Waals surface area contributed by atoms with Gasteiger partial charge in [-0.1, -0.05) is 109 Å². The van der Waals surface area contributed by atoms with Gasteiger partial charge >= 0.3 is 0 Å². The third kappa shape index (κ3) is 7.85. The average molecular weight is 529 g/mol. The first-order chi connectivity index (χ1) is 18.4. The Kier molecular flexibility index (Phi) is 9.85. The van der Waals surface area contributed by atoms with Crippen LogP contribution in [0, 0.1) is 6.92 Å². The van der Waals surface area contributed by atoms with E-state index in [9.17, 15) is 13.5 Å². The van der Waals surface area contributed by atoms with Crippen LogP contribution in [-0.2, 0) is 29.5 Å². The fourth-order valence-corrected chi connectivity index (χ4v) is 6.07. The summed E-state index contributed by atoms with van der Waals surface area (Å²) in [5, 5.41) is 10.1. The topological polar surface area (TPSA) is 69.6 Å². The fraction of sp³-hybridized carbons (Fsp3) is 0.250. The zero-order valence-corrected chi connectivity index (χ0v) is 22.6. The highest BCUT2D eigenvalue weighted by Crippen LogP contribution is 2.23. The van der Waals surface area contributed by atoms with Gasteiger partial charge in [0.2, 0.25) is 10.0 Å². The summed E-state index contributed by atoms with van der Waals surface area (Å²) >= 11 is 0. The van der Waals surface area contributed by atoms with E-state index >= 15 is 0 Å². The lowest BCUT2D eigenvalue weighted by atomic mass is 9.95. The van der Waals surface area contributed by atoms with Gasteiger partial charge in [-0.3, -0.25) is 4.90 Å². The van der Waals surface area contributed by atoms with Crippen molar-refractivity contribution in [2.75, 3.05) is 6.61 Å². The normalized spacial score (nSPS) is 13.3. The maximum absolute atomic E-state index is 13.5. The molecular weight excluding hydrogens is 492 g/mol. The summed E-state index contributed by atoms with van der Waals surface area (Å²) in [5.74, 6) is 0. The van der Waals surface area contributed by atoms with Gasteiger partial charge in [0, 0.05) is 31.8 Å². The molecule has 0 radical (unpaired) electrons. The molecule has 5 nitrogen and oxygen atoms in total. The average Bonchev–Trinajstić information content (AvgIpc) is 2.93. The molecule has 0 amide bonds. The van der Waals surface area contributed by atoms with Crippen molar-refractivity contribution >= 4 is 10.0 Å². The quantitative estimate of drug-likeness (QED) is 0.246. The van der Waals surface area contributed by atoms with Crippen molar-refractivity contribution in [2.24, 2.45) is 0 Å². The van der Waals surface area contributed by atoms with E-state index in [2.05, 4.69) is 46.0 Å². The van der Waals surface area contributed by atoms with Crippen LogP contribution in [0.3, 0.4) is 0 Å².